The molecule has 2 aromatic rings. The predicted molar refractivity (Wildman–Crippen MR) is 102 cm³/mol. The number of piperidine rings is 1. The maximum atomic E-state index is 12.9. The third-order valence-corrected chi connectivity index (χ3v) is 5.87. The second-order valence-corrected chi connectivity index (χ2v) is 7.65. The van der Waals surface area contributed by atoms with Crippen LogP contribution in [0.4, 0.5) is 0 Å². The van der Waals surface area contributed by atoms with Gasteiger partial charge in [0, 0.05) is 32.8 Å². The van der Waals surface area contributed by atoms with E-state index in [0.717, 1.165) is 25.8 Å². The van der Waals surface area contributed by atoms with E-state index >= 15 is 0 Å². The van der Waals surface area contributed by atoms with Crippen molar-refractivity contribution in [3.8, 4) is 0 Å². The molecule has 3 heterocycles. The molecular formula is C18H25N3O4S. The van der Waals surface area contributed by atoms with Crippen LogP contribution in [0.5, 0.6) is 0 Å². The first-order chi connectivity index (χ1) is 12.5. The lowest BCUT2D eigenvalue weighted by atomic mass is 10.0. The Morgan fingerprint density at radius 1 is 1.31 bits per heavy atom. The predicted octanol–water partition coefficient (Wildman–Crippen LogP) is 1.66. The zero-order valence-corrected chi connectivity index (χ0v) is 16.1. The minimum absolute atomic E-state index is 0.0268. The molecule has 142 valence electrons. The number of thiophene rings is 1. The van der Waals surface area contributed by atoms with Crippen molar-refractivity contribution < 1.29 is 9.53 Å². The van der Waals surface area contributed by atoms with Gasteiger partial charge >= 0.3 is 5.69 Å². The highest BCUT2D eigenvalue weighted by molar-refractivity contribution is 7.17. The number of fused-ring (bicyclic) bond motifs is 1. The van der Waals surface area contributed by atoms with Gasteiger partial charge in [-0.1, -0.05) is 0 Å². The van der Waals surface area contributed by atoms with Crippen LogP contribution in [0.25, 0.3) is 10.2 Å². The summed E-state index contributed by atoms with van der Waals surface area (Å²) in [4.78, 5) is 40.2. The van der Waals surface area contributed by atoms with E-state index in [1.807, 2.05) is 11.8 Å². The molecule has 0 saturated carbocycles. The third-order valence-electron chi connectivity index (χ3n) is 4.98. The summed E-state index contributed by atoms with van der Waals surface area (Å²) < 4.78 is 8.21. The molecule has 0 N–H and O–H groups in total. The van der Waals surface area contributed by atoms with Crippen LogP contribution in [0, 0.1) is 0 Å². The van der Waals surface area contributed by atoms with Gasteiger partial charge in [0.25, 0.3) is 5.56 Å². The van der Waals surface area contributed by atoms with Crippen molar-refractivity contribution in [2.45, 2.75) is 51.7 Å². The van der Waals surface area contributed by atoms with Gasteiger partial charge in [-0.25, -0.2) is 4.79 Å². The first-order valence-electron chi connectivity index (χ1n) is 9.04. The van der Waals surface area contributed by atoms with Crippen LogP contribution >= 0.6 is 11.3 Å². The van der Waals surface area contributed by atoms with Gasteiger partial charge in [-0.15, -0.1) is 11.3 Å². The number of carbonyl (C=O) groups is 1. The zero-order valence-electron chi connectivity index (χ0n) is 15.3. The van der Waals surface area contributed by atoms with Crippen molar-refractivity contribution >= 4 is 27.5 Å². The Kier molecular flexibility index (Phi) is 5.93. The molecule has 1 saturated heterocycles. The number of ether oxygens (including phenoxy) is 1. The summed E-state index contributed by atoms with van der Waals surface area (Å²) in [6.45, 7) is 3.51. The lowest BCUT2D eigenvalue weighted by molar-refractivity contribution is -0.135. The lowest BCUT2D eigenvalue weighted by Crippen LogP contribution is -2.47. The van der Waals surface area contributed by atoms with Crippen molar-refractivity contribution in [3.05, 3.63) is 32.3 Å². The van der Waals surface area contributed by atoms with Gasteiger partial charge in [0.2, 0.25) is 5.91 Å². The number of hydrogen-bond donors (Lipinski definition) is 0. The van der Waals surface area contributed by atoms with Crippen molar-refractivity contribution in [1.29, 1.82) is 0 Å². The molecule has 8 heteroatoms. The molecule has 0 aromatic carbocycles. The number of rotatable bonds is 6. The minimum Gasteiger partial charge on any atom is -0.385 e. The molecule has 0 bridgehead atoms. The van der Waals surface area contributed by atoms with Gasteiger partial charge in [-0.2, -0.15) is 0 Å². The number of carbonyl (C=O) groups excluding carboxylic acids is 1. The Bertz CT molecular complexity index is 898. The molecule has 1 atom stereocenters. The van der Waals surface area contributed by atoms with Crippen LogP contribution in [0.3, 0.4) is 0 Å². The van der Waals surface area contributed by atoms with E-state index in [0.29, 0.717) is 23.2 Å². The number of likely N-dealkylation sites (tertiary alicyclic amines) is 1. The second kappa shape index (κ2) is 8.18. The topological polar surface area (TPSA) is 73.5 Å². The van der Waals surface area contributed by atoms with Crippen molar-refractivity contribution in [3.63, 3.8) is 0 Å². The lowest BCUT2D eigenvalue weighted by Gasteiger charge is -2.33. The minimum atomic E-state index is -0.421. The van der Waals surface area contributed by atoms with Crippen LogP contribution in [0.2, 0.25) is 0 Å². The first-order valence-corrected chi connectivity index (χ1v) is 9.91. The Balaban J connectivity index is 1.96. The van der Waals surface area contributed by atoms with Crippen molar-refractivity contribution in [2.24, 2.45) is 0 Å². The summed E-state index contributed by atoms with van der Waals surface area (Å²) in [5.74, 6) is -0.0612. The van der Waals surface area contributed by atoms with Crippen molar-refractivity contribution in [2.75, 3.05) is 20.3 Å². The highest BCUT2D eigenvalue weighted by Crippen LogP contribution is 2.19. The summed E-state index contributed by atoms with van der Waals surface area (Å²) in [6.07, 6.45) is 3.68. The summed E-state index contributed by atoms with van der Waals surface area (Å²) in [6, 6.07) is 1.94. The van der Waals surface area contributed by atoms with E-state index in [-0.39, 0.29) is 30.6 Å². The molecule has 7 nitrogen and oxygen atoms in total. The molecule has 1 amide bonds. The SMILES string of the molecule is COCCCn1c(=O)c2sccc2n(CC(=O)N2CCCC[C@@H]2C)c1=O. The molecule has 0 spiro atoms. The summed E-state index contributed by atoms with van der Waals surface area (Å²) in [7, 11) is 1.59. The molecule has 0 radical (unpaired) electrons. The quantitative estimate of drug-likeness (QED) is 0.716. The molecule has 3 rings (SSSR count). The summed E-state index contributed by atoms with van der Waals surface area (Å²) >= 11 is 1.30. The smallest absolute Gasteiger partial charge is 0.332 e. The van der Waals surface area contributed by atoms with Crippen LogP contribution in [-0.4, -0.2) is 46.2 Å². The number of aromatic nitrogens is 2. The first kappa shape index (κ1) is 18.8. The molecular weight excluding hydrogens is 354 g/mol. The third kappa shape index (κ3) is 3.61. The highest BCUT2D eigenvalue weighted by atomic mass is 32.1. The van der Waals surface area contributed by atoms with E-state index in [4.69, 9.17) is 4.74 Å². The molecule has 0 unspecified atom stereocenters. The van der Waals surface area contributed by atoms with Crippen LogP contribution < -0.4 is 11.2 Å². The van der Waals surface area contributed by atoms with E-state index < -0.39 is 5.69 Å². The van der Waals surface area contributed by atoms with Gasteiger partial charge < -0.3 is 9.64 Å². The maximum absolute atomic E-state index is 12.9. The highest BCUT2D eigenvalue weighted by Gasteiger charge is 2.25. The van der Waals surface area contributed by atoms with E-state index in [1.165, 1.54) is 20.5 Å². The molecule has 1 fully saturated rings. The summed E-state index contributed by atoms with van der Waals surface area (Å²) in [5.41, 5.74) is -0.160. The number of methoxy groups -OCH3 is 1. The molecule has 0 aliphatic carbocycles. The molecule has 1 aliphatic rings. The fourth-order valence-corrected chi connectivity index (χ4v) is 4.39. The maximum Gasteiger partial charge on any atom is 0.332 e. The standard InChI is InChI=1S/C18H25N3O4S/c1-13-6-3-4-8-19(13)15(22)12-21-14-7-11-26-16(14)17(23)20(18(21)24)9-5-10-25-2/h7,11,13H,3-6,8-10,12H2,1-2H3/t13-/m0/s1. The number of nitrogens with zero attached hydrogens (tertiary/aromatic N) is 3. The zero-order chi connectivity index (χ0) is 18.7. The van der Waals surface area contributed by atoms with E-state index in [1.54, 1.807) is 18.6 Å². The number of hydrogen-bond acceptors (Lipinski definition) is 5. The molecule has 1 aliphatic heterocycles. The van der Waals surface area contributed by atoms with Crippen LogP contribution in [0.1, 0.15) is 32.6 Å². The fraction of sp³-hybridized carbons (Fsp3) is 0.611. The monoisotopic (exact) mass is 379 g/mol. The second-order valence-electron chi connectivity index (χ2n) is 6.74. The van der Waals surface area contributed by atoms with E-state index in [9.17, 15) is 14.4 Å². The van der Waals surface area contributed by atoms with Crippen LogP contribution in [0.15, 0.2) is 21.0 Å². The average Bonchev–Trinajstić information content (AvgIpc) is 3.11. The Morgan fingerprint density at radius 2 is 2.12 bits per heavy atom. The largest absolute Gasteiger partial charge is 0.385 e. The number of amides is 1. The summed E-state index contributed by atoms with van der Waals surface area (Å²) in [5, 5.41) is 1.79. The van der Waals surface area contributed by atoms with Gasteiger partial charge in [-0.3, -0.25) is 18.7 Å². The van der Waals surface area contributed by atoms with Crippen molar-refractivity contribution in [1.82, 2.24) is 14.0 Å². The van der Waals surface area contributed by atoms with Gasteiger partial charge in [0.05, 0.1) is 5.52 Å². The average molecular weight is 379 g/mol. The van der Waals surface area contributed by atoms with Gasteiger partial charge in [-0.05, 0) is 44.1 Å². The normalized spacial score (nSPS) is 17.8. The molecule has 26 heavy (non-hydrogen) atoms. The fourth-order valence-electron chi connectivity index (χ4n) is 3.54. The Morgan fingerprint density at radius 3 is 2.85 bits per heavy atom. The van der Waals surface area contributed by atoms with Crippen LogP contribution in [-0.2, 0) is 22.6 Å². The Hall–Kier alpha value is -1.93. The Labute approximate surface area is 155 Å². The van der Waals surface area contributed by atoms with Gasteiger partial charge in [0.1, 0.15) is 11.2 Å². The van der Waals surface area contributed by atoms with Gasteiger partial charge in [0.15, 0.2) is 0 Å². The molecule has 2 aromatic heterocycles. The van der Waals surface area contributed by atoms with E-state index in [2.05, 4.69) is 0 Å².